The summed E-state index contributed by atoms with van der Waals surface area (Å²) in [7, 11) is 0. The molecule has 1 unspecified atom stereocenters. The Hall–Kier alpha value is -4.47. The Morgan fingerprint density at radius 1 is 1.05 bits per heavy atom. The topological polar surface area (TPSA) is 126 Å². The SMILES string of the molecule is Cc1ccc(N(C(=O)Cn2nnc(-c3ccc(C)o3)n2)C(C(=O)NC(C)(C)C)c2ccc(O)cc2)c(C)c1. The number of rotatable bonds is 7. The second-order valence-corrected chi connectivity index (χ2v) is 10.3. The van der Waals surface area contributed by atoms with Crippen LogP contribution in [0.2, 0.25) is 0 Å². The normalized spacial score (nSPS) is 12.3. The minimum atomic E-state index is -1.03. The Labute approximate surface area is 221 Å². The molecule has 38 heavy (non-hydrogen) atoms. The van der Waals surface area contributed by atoms with Crippen molar-refractivity contribution in [2.45, 2.75) is 59.7 Å². The van der Waals surface area contributed by atoms with E-state index in [0.29, 0.717) is 22.8 Å². The minimum Gasteiger partial charge on any atom is -0.508 e. The van der Waals surface area contributed by atoms with Crippen molar-refractivity contribution in [3.05, 3.63) is 77.0 Å². The quantitative estimate of drug-likeness (QED) is 0.376. The monoisotopic (exact) mass is 516 g/mol. The number of furan rings is 1. The fourth-order valence-corrected chi connectivity index (χ4v) is 4.17. The molecule has 10 heteroatoms. The molecule has 4 aromatic rings. The van der Waals surface area contributed by atoms with Crippen LogP contribution in [0.5, 0.6) is 5.75 Å². The van der Waals surface area contributed by atoms with Gasteiger partial charge in [-0.15, -0.1) is 10.2 Å². The van der Waals surface area contributed by atoms with Gasteiger partial charge in [0.05, 0.1) is 0 Å². The number of aromatic hydroxyl groups is 1. The number of benzene rings is 2. The van der Waals surface area contributed by atoms with E-state index in [1.165, 1.54) is 21.8 Å². The van der Waals surface area contributed by atoms with Gasteiger partial charge in [-0.2, -0.15) is 4.80 Å². The molecule has 1 atom stereocenters. The second-order valence-electron chi connectivity index (χ2n) is 10.3. The molecule has 0 aliphatic rings. The molecule has 0 bridgehead atoms. The minimum absolute atomic E-state index is 0.0561. The molecule has 0 spiro atoms. The molecule has 0 aliphatic carbocycles. The third-order valence-corrected chi connectivity index (χ3v) is 5.78. The lowest BCUT2D eigenvalue weighted by molar-refractivity contribution is -0.128. The number of phenolic OH excluding ortho intramolecular Hbond substituents is 1. The molecule has 2 amide bonds. The molecular weight excluding hydrogens is 484 g/mol. The first-order valence-corrected chi connectivity index (χ1v) is 12.3. The first kappa shape index (κ1) is 26.6. The van der Waals surface area contributed by atoms with Crippen LogP contribution in [0.1, 0.15) is 49.3 Å². The van der Waals surface area contributed by atoms with E-state index in [0.717, 1.165) is 11.1 Å². The number of carbonyl (C=O) groups is 2. The van der Waals surface area contributed by atoms with E-state index in [-0.39, 0.29) is 24.0 Å². The third-order valence-electron chi connectivity index (χ3n) is 5.78. The molecule has 0 fully saturated rings. The van der Waals surface area contributed by atoms with Gasteiger partial charge in [-0.3, -0.25) is 14.5 Å². The standard InChI is InChI=1S/C28H32N6O4/c1-17-7-13-22(18(2)15-17)34(24(36)16-33-31-26(30-32-33)23-14-8-19(3)38-23)25(27(37)29-28(4,5)6)20-9-11-21(35)12-10-20/h7-15,25,35H,16H2,1-6H3,(H,29,37). The van der Waals surface area contributed by atoms with Crippen LogP contribution in [0.15, 0.2) is 59.0 Å². The Balaban J connectivity index is 1.78. The summed E-state index contributed by atoms with van der Waals surface area (Å²) < 4.78 is 5.57. The van der Waals surface area contributed by atoms with Crippen molar-refractivity contribution in [2.24, 2.45) is 0 Å². The van der Waals surface area contributed by atoms with E-state index in [1.54, 1.807) is 24.3 Å². The fourth-order valence-electron chi connectivity index (χ4n) is 4.17. The Bertz CT molecular complexity index is 1450. The number of nitrogens with one attached hydrogen (secondary N) is 1. The molecule has 0 saturated heterocycles. The van der Waals surface area contributed by atoms with E-state index < -0.39 is 17.5 Å². The van der Waals surface area contributed by atoms with Crippen molar-refractivity contribution in [1.29, 1.82) is 0 Å². The maximum Gasteiger partial charge on any atom is 0.251 e. The summed E-state index contributed by atoms with van der Waals surface area (Å²) in [6.07, 6.45) is 0. The Morgan fingerprint density at radius 2 is 1.76 bits per heavy atom. The summed E-state index contributed by atoms with van der Waals surface area (Å²) in [6, 6.07) is 14.4. The van der Waals surface area contributed by atoms with Crippen LogP contribution in [0.3, 0.4) is 0 Å². The first-order valence-electron chi connectivity index (χ1n) is 12.3. The average Bonchev–Trinajstić information content (AvgIpc) is 3.46. The molecule has 0 saturated carbocycles. The summed E-state index contributed by atoms with van der Waals surface area (Å²) in [5.74, 6) is 0.674. The highest BCUT2D eigenvalue weighted by Crippen LogP contribution is 2.32. The molecule has 2 aromatic carbocycles. The Kier molecular flexibility index (Phi) is 7.34. The van der Waals surface area contributed by atoms with Gasteiger partial charge in [-0.25, -0.2) is 0 Å². The van der Waals surface area contributed by atoms with Gasteiger partial charge in [0.15, 0.2) is 5.76 Å². The van der Waals surface area contributed by atoms with Crippen molar-refractivity contribution < 1.29 is 19.1 Å². The summed E-state index contributed by atoms with van der Waals surface area (Å²) in [6.45, 7) is 11.0. The maximum absolute atomic E-state index is 14.0. The van der Waals surface area contributed by atoms with E-state index in [1.807, 2.05) is 59.7 Å². The van der Waals surface area contributed by atoms with Crippen LogP contribution < -0.4 is 10.2 Å². The number of hydrogen-bond acceptors (Lipinski definition) is 7. The molecule has 0 aliphatic heterocycles. The summed E-state index contributed by atoms with van der Waals surface area (Å²) in [5, 5.41) is 25.3. The summed E-state index contributed by atoms with van der Waals surface area (Å²) in [5.41, 5.74) is 2.41. The van der Waals surface area contributed by atoms with Gasteiger partial charge in [0.25, 0.3) is 5.91 Å². The second kappa shape index (κ2) is 10.5. The van der Waals surface area contributed by atoms with Gasteiger partial charge >= 0.3 is 0 Å². The highest BCUT2D eigenvalue weighted by molar-refractivity contribution is 6.02. The summed E-state index contributed by atoms with van der Waals surface area (Å²) >= 11 is 0. The van der Waals surface area contributed by atoms with Gasteiger partial charge in [-0.05, 0) is 88.2 Å². The van der Waals surface area contributed by atoms with E-state index in [9.17, 15) is 14.7 Å². The Morgan fingerprint density at radius 3 is 2.37 bits per heavy atom. The zero-order chi connectivity index (χ0) is 27.6. The number of hydrogen-bond donors (Lipinski definition) is 2. The number of anilines is 1. The lowest BCUT2D eigenvalue weighted by Crippen LogP contribution is -2.50. The van der Waals surface area contributed by atoms with Gasteiger partial charge in [0, 0.05) is 11.2 Å². The number of carbonyl (C=O) groups excluding carboxylic acids is 2. The molecule has 2 aromatic heterocycles. The number of nitrogens with zero attached hydrogens (tertiary/aromatic N) is 5. The molecule has 2 N–H and O–H groups in total. The van der Waals surface area contributed by atoms with Crippen molar-refractivity contribution in [2.75, 3.05) is 4.90 Å². The van der Waals surface area contributed by atoms with Gasteiger partial charge in [-0.1, -0.05) is 29.8 Å². The van der Waals surface area contributed by atoms with Crippen LogP contribution in [0.4, 0.5) is 5.69 Å². The molecule has 4 rings (SSSR count). The van der Waals surface area contributed by atoms with Crippen LogP contribution in [-0.4, -0.2) is 42.7 Å². The fraction of sp³-hybridized carbons (Fsp3) is 0.321. The third kappa shape index (κ3) is 6.08. The highest BCUT2D eigenvalue weighted by Gasteiger charge is 2.35. The smallest absolute Gasteiger partial charge is 0.251 e. The number of amides is 2. The predicted molar refractivity (Wildman–Crippen MR) is 142 cm³/mol. The number of aromatic nitrogens is 4. The predicted octanol–water partition coefficient (Wildman–Crippen LogP) is 4.25. The summed E-state index contributed by atoms with van der Waals surface area (Å²) in [4.78, 5) is 30.4. The zero-order valence-corrected chi connectivity index (χ0v) is 22.4. The molecule has 198 valence electrons. The van der Waals surface area contributed by atoms with Gasteiger partial charge in [0.1, 0.15) is 24.1 Å². The maximum atomic E-state index is 14.0. The highest BCUT2D eigenvalue weighted by atomic mass is 16.3. The number of phenols is 1. The van der Waals surface area contributed by atoms with E-state index in [4.69, 9.17) is 4.42 Å². The lowest BCUT2D eigenvalue weighted by atomic mass is 9.99. The van der Waals surface area contributed by atoms with Crippen LogP contribution >= 0.6 is 0 Å². The lowest BCUT2D eigenvalue weighted by Gasteiger charge is -2.34. The number of tetrazole rings is 1. The van der Waals surface area contributed by atoms with Crippen molar-refractivity contribution >= 4 is 17.5 Å². The van der Waals surface area contributed by atoms with E-state index >= 15 is 0 Å². The largest absolute Gasteiger partial charge is 0.508 e. The molecule has 2 heterocycles. The van der Waals surface area contributed by atoms with Gasteiger partial charge < -0.3 is 14.8 Å². The van der Waals surface area contributed by atoms with Crippen molar-refractivity contribution in [3.8, 4) is 17.3 Å². The first-order chi connectivity index (χ1) is 17.9. The van der Waals surface area contributed by atoms with E-state index in [2.05, 4.69) is 20.7 Å². The van der Waals surface area contributed by atoms with Crippen molar-refractivity contribution in [1.82, 2.24) is 25.5 Å². The van der Waals surface area contributed by atoms with Gasteiger partial charge in [0.2, 0.25) is 11.7 Å². The van der Waals surface area contributed by atoms with Crippen LogP contribution in [-0.2, 0) is 16.1 Å². The van der Waals surface area contributed by atoms with Crippen LogP contribution in [0, 0.1) is 20.8 Å². The van der Waals surface area contributed by atoms with Crippen LogP contribution in [0.25, 0.3) is 11.6 Å². The average molecular weight is 517 g/mol. The molecule has 0 radical (unpaired) electrons. The molecule has 10 nitrogen and oxygen atoms in total. The molecular formula is C28H32N6O4. The van der Waals surface area contributed by atoms with Crippen molar-refractivity contribution in [3.63, 3.8) is 0 Å². The zero-order valence-electron chi connectivity index (χ0n) is 22.4. The number of aryl methyl sites for hydroxylation is 3.